The van der Waals surface area contributed by atoms with Crippen molar-refractivity contribution in [3.63, 3.8) is 0 Å². The van der Waals surface area contributed by atoms with Crippen LogP contribution in [-0.4, -0.2) is 46.7 Å². The van der Waals surface area contributed by atoms with E-state index in [4.69, 9.17) is 0 Å². The van der Waals surface area contributed by atoms with E-state index in [9.17, 15) is 9.59 Å². The molecule has 1 aliphatic rings. The number of likely N-dealkylation sites (N-methyl/N-ethyl adjacent to an activating group) is 1. The molecule has 0 bridgehead atoms. The maximum atomic E-state index is 12.6. The Morgan fingerprint density at radius 1 is 1.09 bits per heavy atom. The lowest BCUT2D eigenvalue weighted by Gasteiger charge is -2.17. The molecule has 0 radical (unpaired) electrons. The number of rotatable bonds is 4. The lowest BCUT2D eigenvalue weighted by atomic mass is 9.90. The van der Waals surface area contributed by atoms with E-state index < -0.39 is 11.6 Å². The Morgan fingerprint density at radius 2 is 1.77 bits per heavy atom. The average molecular weight is 297 g/mol. The summed E-state index contributed by atoms with van der Waals surface area (Å²) in [6.07, 6.45) is 0.726. The van der Waals surface area contributed by atoms with Crippen LogP contribution in [-0.2, 0) is 13.0 Å². The molecular formula is C17H19N3O2. The highest BCUT2D eigenvalue weighted by Crippen LogP contribution is 2.33. The highest BCUT2D eigenvalue weighted by Gasteiger charge is 2.35. The van der Waals surface area contributed by atoms with Gasteiger partial charge in [0.15, 0.2) is 0 Å². The Morgan fingerprint density at radius 3 is 2.41 bits per heavy atom. The highest BCUT2D eigenvalue weighted by atomic mass is 16.2. The van der Waals surface area contributed by atoms with Gasteiger partial charge in [-0.15, -0.1) is 0 Å². The zero-order valence-corrected chi connectivity index (χ0v) is 13.1. The van der Waals surface area contributed by atoms with Crippen LogP contribution in [0.25, 0.3) is 11.3 Å². The number of ketones is 2. The number of fused-ring (bicyclic) bond motifs is 3. The monoisotopic (exact) mass is 297 g/mol. The van der Waals surface area contributed by atoms with Crippen LogP contribution in [0, 0.1) is 0 Å². The fourth-order valence-corrected chi connectivity index (χ4v) is 2.85. The van der Waals surface area contributed by atoms with Crippen LogP contribution in [0.2, 0.25) is 0 Å². The molecule has 1 aromatic carbocycles. The summed E-state index contributed by atoms with van der Waals surface area (Å²) >= 11 is 0. The Balaban J connectivity index is 2.20. The van der Waals surface area contributed by atoms with Crippen LogP contribution in [0.1, 0.15) is 33.6 Å². The molecule has 0 saturated heterocycles. The number of carbonyl (C=O) groups is 2. The second-order valence-electron chi connectivity index (χ2n) is 5.74. The average Bonchev–Trinajstić information content (AvgIpc) is 2.89. The molecule has 1 aromatic heterocycles. The van der Waals surface area contributed by atoms with Gasteiger partial charge in [-0.2, -0.15) is 0 Å². The van der Waals surface area contributed by atoms with Crippen LogP contribution in [0.3, 0.4) is 0 Å². The minimum Gasteiger partial charge on any atom is -0.323 e. The maximum Gasteiger partial charge on any atom is 0.252 e. The molecule has 114 valence electrons. The van der Waals surface area contributed by atoms with Crippen LogP contribution >= 0.6 is 0 Å². The smallest absolute Gasteiger partial charge is 0.252 e. The number of aryl methyl sites for hydroxylation is 1. The second kappa shape index (κ2) is 5.50. The summed E-state index contributed by atoms with van der Waals surface area (Å²) in [6.45, 7) is 3.46. The second-order valence-corrected chi connectivity index (χ2v) is 5.74. The molecule has 5 nitrogen and oxygen atoms in total. The third-order valence-electron chi connectivity index (χ3n) is 3.98. The molecule has 3 rings (SSSR count). The Labute approximate surface area is 129 Å². The van der Waals surface area contributed by atoms with Crippen LogP contribution in [0.5, 0.6) is 0 Å². The summed E-state index contributed by atoms with van der Waals surface area (Å²) in [7, 11) is 3.97. The van der Waals surface area contributed by atoms with Crippen molar-refractivity contribution in [3.8, 4) is 11.3 Å². The number of nitrogens with zero attached hydrogens (tertiary/aromatic N) is 3. The number of hydrogen-bond donors (Lipinski definition) is 0. The van der Waals surface area contributed by atoms with Crippen molar-refractivity contribution >= 4 is 11.6 Å². The highest BCUT2D eigenvalue weighted by molar-refractivity contribution is 6.52. The van der Waals surface area contributed by atoms with Gasteiger partial charge < -0.3 is 9.47 Å². The van der Waals surface area contributed by atoms with Crippen molar-refractivity contribution in [2.45, 2.75) is 19.9 Å². The minimum atomic E-state index is -0.445. The predicted molar refractivity (Wildman–Crippen MR) is 84.3 cm³/mol. The molecule has 1 aliphatic carbocycles. The van der Waals surface area contributed by atoms with E-state index in [2.05, 4.69) is 9.88 Å². The first kappa shape index (κ1) is 14.7. The number of carbonyl (C=O) groups excluding carboxylic acids is 2. The summed E-state index contributed by atoms with van der Waals surface area (Å²) in [5.41, 5.74) is 2.32. The number of aromatic nitrogens is 2. The molecule has 0 unspecified atom stereocenters. The van der Waals surface area contributed by atoms with Gasteiger partial charge >= 0.3 is 0 Å². The molecule has 22 heavy (non-hydrogen) atoms. The first-order valence-corrected chi connectivity index (χ1v) is 7.47. The largest absolute Gasteiger partial charge is 0.323 e. The number of imidazole rings is 1. The first-order chi connectivity index (χ1) is 10.5. The summed E-state index contributed by atoms with van der Waals surface area (Å²) in [6, 6.07) is 7.21. The third-order valence-corrected chi connectivity index (χ3v) is 3.98. The minimum absolute atomic E-state index is 0.434. The molecule has 0 spiro atoms. The Bertz CT molecular complexity index is 759. The number of hydrogen-bond acceptors (Lipinski definition) is 4. The van der Waals surface area contributed by atoms with Crippen molar-refractivity contribution in [2.75, 3.05) is 20.6 Å². The number of benzene rings is 1. The summed E-state index contributed by atoms with van der Waals surface area (Å²) in [4.78, 5) is 31.6. The molecular weight excluding hydrogens is 278 g/mol. The van der Waals surface area contributed by atoms with Gasteiger partial charge in [-0.25, -0.2) is 4.98 Å². The zero-order chi connectivity index (χ0) is 15.9. The summed E-state index contributed by atoms with van der Waals surface area (Å²) in [5.74, 6) is -0.0267. The van der Waals surface area contributed by atoms with Crippen molar-refractivity contribution in [1.29, 1.82) is 0 Å². The van der Waals surface area contributed by atoms with Gasteiger partial charge in [-0.05, 0) is 14.1 Å². The van der Waals surface area contributed by atoms with Gasteiger partial charge in [0.25, 0.3) is 5.78 Å². The van der Waals surface area contributed by atoms with Crippen molar-refractivity contribution in [1.82, 2.24) is 14.5 Å². The molecule has 0 saturated carbocycles. The fraction of sp³-hybridized carbons (Fsp3) is 0.353. The predicted octanol–water partition coefficient (Wildman–Crippen LogP) is 2.05. The SMILES string of the molecule is CCc1nc2c(n1CCN(C)C)C(=O)C(=O)c1ccccc1-2. The van der Waals surface area contributed by atoms with E-state index in [0.29, 0.717) is 23.5 Å². The molecule has 0 N–H and O–H groups in total. The fourth-order valence-electron chi connectivity index (χ4n) is 2.85. The molecule has 0 atom stereocenters. The standard InChI is InChI=1S/C17H19N3O2/c1-4-13-18-14-11-7-5-6-8-12(11)16(21)17(22)15(14)20(13)10-9-19(2)3/h5-8H,4,9-10H2,1-3H3. The van der Waals surface area contributed by atoms with E-state index in [1.54, 1.807) is 12.1 Å². The van der Waals surface area contributed by atoms with E-state index >= 15 is 0 Å². The molecule has 5 heteroatoms. The lowest BCUT2D eigenvalue weighted by molar-refractivity contribution is 0.0809. The van der Waals surface area contributed by atoms with Gasteiger partial charge in [-0.1, -0.05) is 31.2 Å². The van der Waals surface area contributed by atoms with Crippen molar-refractivity contribution in [2.24, 2.45) is 0 Å². The van der Waals surface area contributed by atoms with Crippen LogP contribution in [0.15, 0.2) is 24.3 Å². The number of Topliss-reactive ketones (excluding diaryl/α,β-unsaturated/α-hetero) is 2. The molecule has 0 amide bonds. The Hall–Kier alpha value is -2.27. The van der Waals surface area contributed by atoms with Gasteiger partial charge in [-0.3, -0.25) is 9.59 Å². The zero-order valence-electron chi connectivity index (χ0n) is 13.1. The van der Waals surface area contributed by atoms with E-state index in [0.717, 1.165) is 24.4 Å². The molecule has 1 heterocycles. The summed E-state index contributed by atoms with van der Waals surface area (Å²) < 4.78 is 1.91. The maximum absolute atomic E-state index is 12.6. The van der Waals surface area contributed by atoms with Gasteiger partial charge in [0.05, 0.1) is 0 Å². The normalized spacial score (nSPS) is 13.5. The van der Waals surface area contributed by atoms with Crippen molar-refractivity contribution < 1.29 is 9.59 Å². The van der Waals surface area contributed by atoms with E-state index in [1.165, 1.54) is 0 Å². The van der Waals surface area contributed by atoms with E-state index in [1.807, 2.05) is 37.7 Å². The molecule has 0 aliphatic heterocycles. The topological polar surface area (TPSA) is 55.2 Å². The van der Waals surface area contributed by atoms with Gasteiger partial charge in [0.2, 0.25) is 5.78 Å². The van der Waals surface area contributed by atoms with Crippen LogP contribution < -0.4 is 0 Å². The van der Waals surface area contributed by atoms with Gasteiger partial charge in [0, 0.05) is 30.6 Å². The van der Waals surface area contributed by atoms with Crippen molar-refractivity contribution in [3.05, 3.63) is 41.3 Å². The Kier molecular flexibility index (Phi) is 3.66. The van der Waals surface area contributed by atoms with E-state index in [-0.39, 0.29) is 0 Å². The first-order valence-electron chi connectivity index (χ1n) is 7.47. The van der Waals surface area contributed by atoms with Crippen LogP contribution in [0.4, 0.5) is 0 Å². The molecule has 0 fully saturated rings. The quantitative estimate of drug-likeness (QED) is 0.811. The third kappa shape index (κ3) is 2.18. The van der Waals surface area contributed by atoms with Gasteiger partial charge in [0.1, 0.15) is 17.2 Å². The molecule has 2 aromatic rings. The lowest BCUT2D eigenvalue weighted by Crippen LogP contribution is -2.27. The summed E-state index contributed by atoms with van der Waals surface area (Å²) in [5, 5.41) is 0.